The van der Waals surface area contributed by atoms with E-state index in [9.17, 15) is 0 Å². The van der Waals surface area contributed by atoms with Gasteiger partial charge in [0, 0.05) is 25.0 Å². The van der Waals surface area contributed by atoms with Gasteiger partial charge in [0.25, 0.3) is 0 Å². The summed E-state index contributed by atoms with van der Waals surface area (Å²) in [7, 11) is 0. The minimum absolute atomic E-state index is 0.532. The summed E-state index contributed by atoms with van der Waals surface area (Å²) in [4.78, 5) is 0. The van der Waals surface area contributed by atoms with E-state index in [1.807, 2.05) is 0 Å². The summed E-state index contributed by atoms with van der Waals surface area (Å²) in [5.74, 6) is 0.628. The van der Waals surface area contributed by atoms with Gasteiger partial charge in [-0.2, -0.15) is 0 Å². The maximum Gasteiger partial charge on any atom is 0.0261 e. The molecule has 1 aliphatic rings. The minimum Gasteiger partial charge on any atom is -0.312 e. The zero-order valence-electron chi connectivity index (χ0n) is 12.5. The second kappa shape index (κ2) is 7.39. The first-order chi connectivity index (χ1) is 10.4. The van der Waals surface area contributed by atoms with Gasteiger partial charge in [-0.05, 0) is 30.5 Å². The first-order valence-electron chi connectivity index (χ1n) is 7.96. The Bertz CT molecular complexity index is 524. The number of hydrogen-bond donors (Lipinski definition) is 2. The summed E-state index contributed by atoms with van der Waals surface area (Å²) in [6.07, 6.45) is 2.56. The number of benzene rings is 2. The third-order valence-corrected chi connectivity index (χ3v) is 4.35. The summed E-state index contributed by atoms with van der Waals surface area (Å²) < 4.78 is 0. The molecule has 0 spiro atoms. The van der Waals surface area contributed by atoms with E-state index < -0.39 is 0 Å². The lowest BCUT2D eigenvalue weighted by molar-refractivity contribution is 0.337. The molecule has 0 bridgehead atoms. The smallest absolute Gasteiger partial charge is 0.0261 e. The van der Waals surface area contributed by atoms with E-state index in [0.29, 0.717) is 12.0 Å². The van der Waals surface area contributed by atoms with Gasteiger partial charge in [-0.1, -0.05) is 60.7 Å². The minimum atomic E-state index is 0.532. The molecule has 0 saturated carbocycles. The van der Waals surface area contributed by atoms with Crippen molar-refractivity contribution in [1.82, 2.24) is 10.6 Å². The van der Waals surface area contributed by atoms with Gasteiger partial charge in [-0.3, -0.25) is 0 Å². The predicted octanol–water partition coefficient (Wildman–Crippen LogP) is 3.31. The Balaban J connectivity index is 1.57. The number of piperidine rings is 1. The van der Waals surface area contributed by atoms with E-state index in [-0.39, 0.29) is 0 Å². The first-order valence-corrected chi connectivity index (χ1v) is 7.96. The lowest BCUT2D eigenvalue weighted by Crippen LogP contribution is -2.46. The fraction of sp³-hybridized carbons (Fsp3) is 0.368. The Hall–Kier alpha value is -1.64. The maximum atomic E-state index is 3.69. The average Bonchev–Trinajstić information content (AvgIpc) is 2.57. The van der Waals surface area contributed by atoms with Gasteiger partial charge >= 0.3 is 0 Å². The molecule has 110 valence electrons. The molecule has 3 rings (SSSR count). The van der Waals surface area contributed by atoms with Crippen molar-refractivity contribution in [1.29, 1.82) is 0 Å². The summed E-state index contributed by atoms with van der Waals surface area (Å²) in [5.41, 5.74) is 2.82. The van der Waals surface area contributed by atoms with Crippen LogP contribution in [-0.2, 0) is 6.54 Å². The summed E-state index contributed by atoms with van der Waals surface area (Å²) >= 11 is 0. The highest BCUT2D eigenvalue weighted by Crippen LogP contribution is 2.27. The normalized spacial score (nSPS) is 22.1. The number of rotatable bonds is 5. The van der Waals surface area contributed by atoms with Crippen LogP contribution in [0.5, 0.6) is 0 Å². The van der Waals surface area contributed by atoms with Crippen LogP contribution in [-0.4, -0.2) is 19.1 Å². The van der Waals surface area contributed by atoms with E-state index in [2.05, 4.69) is 71.3 Å². The van der Waals surface area contributed by atoms with Crippen molar-refractivity contribution in [2.24, 2.45) is 0 Å². The highest BCUT2D eigenvalue weighted by atomic mass is 15.0. The van der Waals surface area contributed by atoms with Crippen LogP contribution in [0.25, 0.3) is 0 Å². The molecule has 1 aliphatic heterocycles. The summed E-state index contributed by atoms with van der Waals surface area (Å²) in [6, 6.07) is 22.1. The van der Waals surface area contributed by atoms with Gasteiger partial charge in [0.15, 0.2) is 0 Å². The largest absolute Gasteiger partial charge is 0.312 e. The Morgan fingerprint density at radius 1 is 0.952 bits per heavy atom. The molecule has 2 aromatic rings. The highest BCUT2D eigenvalue weighted by molar-refractivity contribution is 5.22. The van der Waals surface area contributed by atoms with Crippen LogP contribution in [0, 0.1) is 0 Å². The molecule has 2 nitrogen and oxygen atoms in total. The first kappa shape index (κ1) is 14.3. The lowest BCUT2D eigenvalue weighted by Gasteiger charge is -2.33. The van der Waals surface area contributed by atoms with Crippen molar-refractivity contribution in [3.8, 4) is 0 Å². The van der Waals surface area contributed by atoms with Crippen molar-refractivity contribution >= 4 is 0 Å². The van der Waals surface area contributed by atoms with E-state index in [1.54, 1.807) is 0 Å². The molecule has 2 aromatic carbocycles. The van der Waals surface area contributed by atoms with Crippen molar-refractivity contribution in [2.45, 2.75) is 31.3 Å². The molecule has 1 saturated heterocycles. The van der Waals surface area contributed by atoms with Crippen molar-refractivity contribution in [3.63, 3.8) is 0 Å². The van der Waals surface area contributed by atoms with Crippen LogP contribution in [0.15, 0.2) is 60.7 Å². The molecule has 1 fully saturated rings. The number of nitrogens with one attached hydrogen (secondary N) is 2. The highest BCUT2D eigenvalue weighted by Gasteiger charge is 2.25. The van der Waals surface area contributed by atoms with Crippen LogP contribution >= 0.6 is 0 Å². The molecule has 1 heterocycles. The number of hydrogen-bond acceptors (Lipinski definition) is 2. The molecule has 0 aromatic heterocycles. The molecule has 2 unspecified atom stereocenters. The quantitative estimate of drug-likeness (QED) is 0.878. The summed E-state index contributed by atoms with van der Waals surface area (Å²) in [5, 5.41) is 7.30. The molecule has 0 amide bonds. The zero-order valence-corrected chi connectivity index (χ0v) is 12.5. The lowest BCUT2D eigenvalue weighted by atomic mass is 9.84. The van der Waals surface area contributed by atoms with Crippen LogP contribution in [0.4, 0.5) is 0 Å². The van der Waals surface area contributed by atoms with E-state index in [4.69, 9.17) is 0 Å². The maximum absolute atomic E-state index is 3.69. The van der Waals surface area contributed by atoms with Gasteiger partial charge in [0.2, 0.25) is 0 Å². The van der Waals surface area contributed by atoms with E-state index in [0.717, 1.165) is 19.6 Å². The average molecular weight is 280 g/mol. The predicted molar refractivity (Wildman–Crippen MR) is 88.4 cm³/mol. The SMILES string of the molecule is c1ccc(CNCC2NCCCC2c2ccccc2)cc1. The molecule has 0 aliphatic carbocycles. The van der Waals surface area contributed by atoms with Gasteiger partial charge in [-0.15, -0.1) is 0 Å². The summed E-state index contributed by atoms with van der Waals surface area (Å²) in [6.45, 7) is 3.11. The third-order valence-electron chi connectivity index (χ3n) is 4.35. The molecule has 21 heavy (non-hydrogen) atoms. The van der Waals surface area contributed by atoms with E-state index >= 15 is 0 Å². The molecular weight excluding hydrogens is 256 g/mol. The molecule has 2 N–H and O–H groups in total. The second-order valence-corrected chi connectivity index (χ2v) is 5.84. The van der Waals surface area contributed by atoms with Crippen molar-refractivity contribution in [3.05, 3.63) is 71.8 Å². The Morgan fingerprint density at radius 2 is 1.67 bits per heavy atom. The topological polar surface area (TPSA) is 24.1 Å². The van der Waals surface area contributed by atoms with Crippen LogP contribution in [0.2, 0.25) is 0 Å². The van der Waals surface area contributed by atoms with E-state index in [1.165, 1.54) is 24.0 Å². The van der Waals surface area contributed by atoms with Gasteiger partial charge < -0.3 is 10.6 Å². The second-order valence-electron chi connectivity index (χ2n) is 5.84. The van der Waals surface area contributed by atoms with Crippen molar-refractivity contribution < 1.29 is 0 Å². The van der Waals surface area contributed by atoms with Crippen LogP contribution in [0.3, 0.4) is 0 Å². The Morgan fingerprint density at radius 3 is 2.43 bits per heavy atom. The standard InChI is InChI=1S/C19H24N2/c1-3-8-16(9-4-1)14-20-15-19-18(12-7-13-21-19)17-10-5-2-6-11-17/h1-6,8-11,18-21H,7,12-15H2. The fourth-order valence-corrected chi connectivity index (χ4v) is 3.23. The monoisotopic (exact) mass is 280 g/mol. The molecule has 0 radical (unpaired) electrons. The van der Waals surface area contributed by atoms with Gasteiger partial charge in [0.05, 0.1) is 0 Å². The fourth-order valence-electron chi connectivity index (χ4n) is 3.23. The zero-order chi connectivity index (χ0) is 14.3. The van der Waals surface area contributed by atoms with Gasteiger partial charge in [0.1, 0.15) is 0 Å². The van der Waals surface area contributed by atoms with Crippen molar-refractivity contribution in [2.75, 3.05) is 13.1 Å². The third kappa shape index (κ3) is 3.93. The molecular formula is C19H24N2. The van der Waals surface area contributed by atoms with Gasteiger partial charge in [-0.25, -0.2) is 0 Å². The van der Waals surface area contributed by atoms with Crippen LogP contribution in [0.1, 0.15) is 29.9 Å². The Labute approximate surface area is 127 Å². The van der Waals surface area contributed by atoms with Crippen LogP contribution < -0.4 is 10.6 Å². The Kier molecular flexibility index (Phi) is 5.03. The molecule has 2 heteroatoms. The molecule has 2 atom stereocenters.